The van der Waals surface area contributed by atoms with E-state index in [2.05, 4.69) is 26.4 Å². The number of alkyl halides is 6. The van der Waals surface area contributed by atoms with Crippen LogP contribution in [-0.4, -0.2) is 67.0 Å². The fraction of sp³-hybridized carbons (Fsp3) is 0.524. The van der Waals surface area contributed by atoms with Crippen LogP contribution >= 0.6 is 0 Å². The predicted molar refractivity (Wildman–Crippen MR) is 111 cm³/mol. The molecule has 1 aliphatic heterocycles. The van der Waals surface area contributed by atoms with Crippen LogP contribution in [-0.2, 0) is 22.7 Å². The van der Waals surface area contributed by atoms with Gasteiger partial charge in [0.25, 0.3) is 0 Å². The summed E-state index contributed by atoms with van der Waals surface area (Å²) in [5.74, 6) is -2.61. The maximum Gasteiger partial charge on any atom is 0.490 e. The molecule has 9 nitrogen and oxygen atoms in total. The van der Waals surface area contributed by atoms with Crippen molar-refractivity contribution in [2.75, 3.05) is 13.1 Å². The van der Waals surface area contributed by atoms with Crippen LogP contribution in [0.2, 0.25) is 0 Å². The molecule has 0 spiro atoms. The molecular weight excluding hydrogens is 502 g/mol. The number of aliphatic carboxylic acids is 2. The molecule has 36 heavy (non-hydrogen) atoms. The lowest BCUT2D eigenvalue weighted by Crippen LogP contribution is -2.38. The van der Waals surface area contributed by atoms with E-state index in [9.17, 15) is 26.3 Å². The van der Waals surface area contributed by atoms with Gasteiger partial charge in [-0.05, 0) is 37.8 Å². The number of pyridine rings is 1. The standard InChI is InChI=1S/C17H22N4O.2C2HF3O2/c1-13-17-19-9-15(12-22-16-3-2-6-18-10-16)21(17)8-7-20(13)11-14-4-5-14;2*3-2(4,5)1(6)7/h2-3,6,9-10,13-14H,4-5,7-8,11-12H2,1H3;2*(H,6,7). The van der Waals surface area contributed by atoms with Crippen molar-refractivity contribution >= 4 is 11.9 Å². The predicted octanol–water partition coefficient (Wildman–Crippen LogP) is 3.91. The lowest BCUT2D eigenvalue weighted by atomic mass is 10.2. The smallest absolute Gasteiger partial charge is 0.486 e. The van der Waals surface area contributed by atoms with Crippen molar-refractivity contribution in [3.05, 3.63) is 42.2 Å². The number of hydrogen-bond donors (Lipinski definition) is 2. The van der Waals surface area contributed by atoms with Gasteiger partial charge in [0.1, 0.15) is 18.2 Å². The number of rotatable bonds is 5. The molecule has 2 aliphatic rings. The third kappa shape index (κ3) is 9.02. The Balaban J connectivity index is 0.000000271. The molecule has 0 bridgehead atoms. The monoisotopic (exact) mass is 526 g/mol. The summed E-state index contributed by atoms with van der Waals surface area (Å²) in [7, 11) is 0. The number of ether oxygens (including phenoxy) is 1. The Morgan fingerprint density at radius 2 is 1.64 bits per heavy atom. The highest BCUT2D eigenvalue weighted by Gasteiger charge is 2.39. The van der Waals surface area contributed by atoms with Gasteiger partial charge in [0.15, 0.2) is 0 Å². The van der Waals surface area contributed by atoms with E-state index < -0.39 is 24.3 Å². The molecule has 3 heterocycles. The first kappa shape index (κ1) is 28.9. The molecular formula is C21H24F6N4O5. The minimum atomic E-state index is -5.08. The van der Waals surface area contributed by atoms with Gasteiger partial charge in [0.2, 0.25) is 0 Å². The van der Waals surface area contributed by atoms with Gasteiger partial charge in [0, 0.05) is 25.8 Å². The third-order valence-electron chi connectivity index (χ3n) is 5.20. The molecule has 1 fully saturated rings. The summed E-state index contributed by atoms with van der Waals surface area (Å²) in [6, 6.07) is 4.22. The number of halogens is 6. The van der Waals surface area contributed by atoms with Gasteiger partial charge in [-0.15, -0.1) is 0 Å². The minimum Gasteiger partial charge on any atom is -0.486 e. The molecule has 1 saturated carbocycles. The molecule has 200 valence electrons. The second-order valence-electron chi connectivity index (χ2n) is 7.96. The molecule has 2 aromatic rings. The van der Waals surface area contributed by atoms with Crippen molar-refractivity contribution in [2.24, 2.45) is 5.92 Å². The van der Waals surface area contributed by atoms with E-state index in [0.29, 0.717) is 12.6 Å². The number of hydrogen-bond acceptors (Lipinski definition) is 6. The molecule has 2 aromatic heterocycles. The van der Waals surface area contributed by atoms with Crippen LogP contribution in [0, 0.1) is 5.92 Å². The SMILES string of the molecule is CC1c2ncc(COc3cccnc3)n2CCN1CC1CC1.O=C(O)C(F)(F)F.O=C(O)C(F)(F)F. The molecule has 0 radical (unpaired) electrons. The molecule has 1 aliphatic carbocycles. The van der Waals surface area contributed by atoms with E-state index in [-0.39, 0.29) is 0 Å². The molecule has 0 saturated heterocycles. The second-order valence-corrected chi connectivity index (χ2v) is 7.96. The maximum atomic E-state index is 10.6. The van der Waals surface area contributed by atoms with Crippen molar-refractivity contribution < 1.29 is 50.9 Å². The number of carboxylic acid groups (broad SMARTS) is 2. The third-order valence-corrected chi connectivity index (χ3v) is 5.20. The maximum absolute atomic E-state index is 10.6. The van der Waals surface area contributed by atoms with Gasteiger partial charge < -0.3 is 19.5 Å². The van der Waals surface area contributed by atoms with Crippen molar-refractivity contribution in [2.45, 2.75) is 51.3 Å². The van der Waals surface area contributed by atoms with E-state index in [4.69, 9.17) is 24.5 Å². The first-order valence-electron chi connectivity index (χ1n) is 10.6. The van der Waals surface area contributed by atoms with Gasteiger partial charge in [0.05, 0.1) is 24.1 Å². The van der Waals surface area contributed by atoms with E-state index >= 15 is 0 Å². The summed E-state index contributed by atoms with van der Waals surface area (Å²) in [5.41, 5.74) is 1.15. The number of nitrogens with zero attached hydrogens (tertiary/aromatic N) is 4. The highest BCUT2D eigenvalue weighted by atomic mass is 19.4. The summed E-state index contributed by atoms with van der Waals surface area (Å²) in [6.07, 6.45) is -1.90. The topological polar surface area (TPSA) is 118 Å². The zero-order valence-corrected chi connectivity index (χ0v) is 19.0. The van der Waals surface area contributed by atoms with Crippen LogP contribution in [0.25, 0.3) is 0 Å². The van der Waals surface area contributed by atoms with Gasteiger partial charge in [-0.1, -0.05) is 0 Å². The fourth-order valence-corrected chi connectivity index (χ4v) is 3.19. The van der Waals surface area contributed by atoms with Crippen LogP contribution in [0.4, 0.5) is 26.3 Å². The number of carbonyl (C=O) groups is 2. The zero-order valence-electron chi connectivity index (χ0n) is 19.0. The Labute approximate surface area is 201 Å². The van der Waals surface area contributed by atoms with Crippen LogP contribution in [0.15, 0.2) is 30.7 Å². The molecule has 0 aromatic carbocycles. The molecule has 1 atom stereocenters. The van der Waals surface area contributed by atoms with Gasteiger partial charge in [-0.2, -0.15) is 26.3 Å². The lowest BCUT2D eigenvalue weighted by molar-refractivity contribution is -0.193. The lowest BCUT2D eigenvalue weighted by Gasteiger charge is -2.34. The second kappa shape index (κ2) is 12.1. The molecule has 4 rings (SSSR count). The number of fused-ring (bicyclic) bond motifs is 1. The minimum absolute atomic E-state index is 0.404. The van der Waals surface area contributed by atoms with Gasteiger partial charge >= 0.3 is 24.3 Å². The summed E-state index contributed by atoms with van der Waals surface area (Å²) in [4.78, 5) is 29.1. The number of carboxylic acids is 2. The average Bonchev–Trinajstić information content (AvgIpc) is 3.51. The van der Waals surface area contributed by atoms with Crippen LogP contribution in [0.3, 0.4) is 0 Å². The zero-order chi connectivity index (χ0) is 27.1. The Kier molecular flexibility index (Phi) is 9.67. The van der Waals surface area contributed by atoms with Crippen LogP contribution < -0.4 is 4.74 Å². The first-order valence-corrected chi connectivity index (χ1v) is 10.6. The molecule has 0 amide bonds. The van der Waals surface area contributed by atoms with Gasteiger partial charge in [-0.3, -0.25) is 9.88 Å². The molecule has 1 unspecified atom stereocenters. The van der Waals surface area contributed by atoms with E-state index in [1.807, 2.05) is 18.3 Å². The average molecular weight is 526 g/mol. The van der Waals surface area contributed by atoms with Crippen molar-refractivity contribution in [1.82, 2.24) is 19.4 Å². The quantitative estimate of drug-likeness (QED) is 0.564. The summed E-state index contributed by atoms with van der Waals surface area (Å²) in [6.45, 7) is 6.18. The van der Waals surface area contributed by atoms with E-state index in [1.165, 1.54) is 25.2 Å². The Morgan fingerprint density at radius 3 is 2.11 bits per heavy atom. The number of aromatic nitrogens is 3. The van der Waals surface area contributed by atoms with E-state index in [0.717, 1.165) is 30.5 Å². The Morgan fingerprint density at radius 1 is 1.06 bits per heavy atom. The largest absolute Gasteiger partial charge is 0.490 e. The highest BCUT2D eigenvalue weighted by Crippen LogP contribution is 2.34. The first-order chi connectivity index (χ1) is 16.7. The van der Waals surface area contributed by atoms with Crippen molar-refractivity contribution in [3.8, 4) is 5.75 Å². The van der Waals surface area contributed by atoms with Crippen LogP contribution in [0.1, 0.15) is 37.3 Å². The van der Waals surface area contributed by atoms with E-state index in [1.54, 1.807) is 12.4 Å². The van der Waals surface area contributed by atoms with Crippen molar-refractivity contribution in [1.29, 1.82) is 0 Å². The molecule has 2 N–H and O–H groups in total. The normalized spacial score (nSPS) is 17.6. The Hall–Kier alpha value is -3.36. The Bertz CT molecular complexity index is 984. The van der Waals surface area contributed by atoms with Crippen molar-refractivity contribution in [3.63, 3.8) is 0 Å². The summed E-state index contributed by atoms with van der Waals surface area (Å²) in [5, 5.41) is 14.2. The van der Waals surface area contributed by atoms with Crippen LogP contribution in [0.5, 0.6) is 5.75 Å². The summed E-state index contributed by atoms with van der Waals surface area (Å²) >= 11 is 0. The number of imidazole rings is 1. The van der Waals surface area contributed by atoms with Gasteiger partial charge in [-0.25, -0.2) is 14.6 Å². The molecule has 15 heteroatoms. The fourth-order valence-electron chi connectivity index (χ4n) is 3.19. The highest BCUT2D eigenvalue weighted by molar-refractivity contribution is 5.73. The summed E-state index contributed by atoms with van der Waals surface area (Å²) < 4.78 is 71.6.